The van der Waals surface area contributed by atoms with Crippen LogP contribution in [0, 0.1) is 17.8 Å². The predicted octanol–water partition coefficient (Wildman–Crippen LogP) is 3.28. The van der Waals surface area contributed by atoms with Crippen molar-refractivity contribution < 1.29 is 0 Å². The number of hydrogen-bond acceptors (Lipinski definition) is 2. The molecule has 2 aliphatic carbocycles. The molecule has 2 nitrogen and oxygen atoms in total. The van der Waals surface area contributed by atoms with Crippen molar-refractivity contribution in [2.45, 2.75) is 64.3 Å². The minimum Gasteiger partial charge on any atom is -0.310 e. The van der Waals surface area contributed by atoms with Gasteiger partial charge < -0.3 is 10.2 Å². The van der Waals surface area contributed by atoms with E-state index in [0.29, 0.717) is 5.54 Å². The highest BCUT2D eigenvalue weighted by Gasteiger charge is 2.43. The average molecular weight is 264 g/mol. The second-order valence-corrected chi connectivity index (χ2v) is 7.84. The molecule has 19 heavy (non-hydrogen) atoms. The Kier molecular flexibility index (Phi) is 4.19. The van der Waals surface area contributed by atoms with E-state index in [0.717, 1.165) is 17.8 Å². The molecular formula is C17H32N2. The summed E-state index contributed by atoms with van der Waals surface area (Å²) in [6.45, 7) is 10.1. The van der Waals surface area contributed by atoms with Gasteiger partial charge in [0.1, 0.15) is 0 Å². The Morgan fingerprint density at radius 3 is 2.74 bits per heavy atom. The SMILES string of the molecule is CC1CCCC(CN2CCCNC(C)(C3CC3)C2)C1. The molecule has 1 heterocycles. The Labute approximate surface area is 119 Å². The van der Waals surface area contributed by atoms with E-state index in [9.17, 15) is 0 Å². The Hall–Kier alpha value is -0.0800. The summed E-state index contributed by atoms with van der Waals surface area (Å²) in [6.07, 6.45) is 10.1. The van der Waals surface area contributed by atoms with Crippen LogP contribution in [0.3, 0.4) is 0 Å². The van der Waals surface area contributed by atoms with Gasteiger partial charge in [0.15, 0.2) is 0 Å². The first-order valence-electron chi connectivity index (χ1n) is 8.63. The zero-order chi connectivity index (χ0) is 13.3. The van der Waals surface area contributed by atoms with E-state index in [-0.39, 0.29) is 0 Å². The smallest absolute Gasteiger partial charge is 0.0308 e. The van der Waals surface area contributed by atoms with Crippen LogP contribution in [0.2, 0.25) is 0 Å². The molecule has 0 aromatic heterocycles. The average Bonchev–Trinajstić information content (AvgIpc) is 3.17. The lowest BCUT2D eigenvalue weighted by molar-refractivity contribution is 0.149. The van der Waals surface area contributed by atoms with Crippen LogP contribution in [0.1, 0.15) is 58.8 Å². The van der Waals surface area contributed by atoms with Crippen LogP contribution in [0.5, 0.6) is 0 Å². The Balaban J connectivity index is 1.56. The summed E-state index contributed by atoms with van der Waals surface area (Å²) < 4.78 is 0. The Bertz CT molecular complexity index is 300. The highest BCUT2D eigenvalue weighted by molar-refractivity contribution is 5.01. The van der Waals surface area contributed by atoms with Gasteiger partial charge in [-0.2, -0.15) is 0 Å². The summed E-state index contributed by atoms with van der Waals surface area (Å²) >= 11 is 0. The van der Waals surface area contributed by atoms with Crippen molar-refractivity contribution in [2.75, 3.05) is 26.2 Å². The van der Waals surface area contributed by atoms with Crippen LogP contribution in [0.15, 0.2) is 0 Å². The van der Waals surface area contributed by atoms with Crippen LogP contribution in [-0.4, -0.2) is 36.6 Å². The Morgan fingerprint density at radius 2 is 2.00 bits per heavy atom. The fourth-order valence-electron chi connectivity index (χ4n) is 4.52. The van der Waals surface area contributed by atoms with E-state index in [1.54, 1.807) is 0 Å². The molecule has 2 heteroatoms. The van der Waals surface area contributed by atoms with E-state index in [4.69, 9.17) is 0 Å². The lowest BCUT2D eigenvalue weighted by atomic mass is 9.82. The van der Waals surface area contributed by atoms with Gasteiger partial charge in [-0.3, -0.25) is 0 Å². The highest BCUT2D eigenvalue weighted by Crippen LogP contribution is 2.41. The molecule has 3 aliphatic rings. The zero-order valence-electron chi connectivity index (χ0n) is 13.0. The van der Waals surface area contributed by atoms with Crippen LogP contribution >= 0.6 is 0 Å². The molecule has 1 N–H and O–H groups in total. The molecule has 1 saturated heterocycles. The second kappa shape index (κ2) is 5.73. The maximum Gasteiger partial charge on any atom is 0.0308 e. The molecule has 0 amide bonds. The largest absolute Gasteiger partial charge is 0.310 e. The summed E-state index contributed by atoms with van der Waals surface area (Å²) in [5.74, 6) is 2.90. The fraction of sp³-hybridized carbons (Fsp3) is 1.00. The maximum absolute atomic E-state index is 3.85. The zero-order valence-corrected chi connectivity index (χ0v) is 13.0. The molecule has 0 radical (unpaired) electrons. The molecule has 0 spiro atoms. The molecule has 0 aromatic rings. The van der Waals surface area contributed by atoms with Gasteiger partial charge in [-0.15, -0.1) is 0 Å². The third kappa shape index (κ3) is 3.52. The summed E-state index contributed by atoms with van der Waals surface area (Å²) in [5, 5.41) is 3.85. The van der Waals surface area contributed by atoms with Crippen LogP contribution in [0.25, 0.3) is 0 Å². The van der Waals surface area contributed by atoms with Gasteiger partial charge in [0.05, 0.1) is 0 Å². The first kappa shape index (κ1) is 13.9. The summed E-state index contributed by atoms with van der Waals surface area (Å²) in [7, 11) is 0. The van der Waals surface area contributed by atoms with Gasteiger partial charge in [0.2, 0.25) is 0 Å². The Morgan fingerprint density at radius 1 is 1.16 bits per heavy atom. The summed E-state index contributed by atoms with van der Waals surface area (Å²) in [5.41, 5.74) is 0.413. The fourth-order valence-corrected chi connectivity index (χ4v) is 4.52. The first-order valence-corrected chi connectivity index (χ1v) is 8.63. The molecule has 3 atom stereocenters. The molecule has 0 bridgehead atoms. The molecule has 1 aliphatic heterocycles. The van der Waals surface area contributed by atoms with Crippen molar-refractivity contribution in [3.63, 3.8) is 0 Å². The lowest BCUT2D eigenvalue weighted by Gasteiger charge is -2.37. The van der Waals surface area contributed by atoms with Gasteiger partial charge >= 0.3 is 0 Å². The van der Waals surface area contributed by atoms with E-state index >= 15 is 0 Å². The number of nitrogens with zero attached hydrogens (tertiary/aromatic N) is 1. The molecule has 0 aromatic carbocycles. The first-order chi connectivity index (χ1) is 9.16. The monoisotopic (exact) mass is 264 g/mol. The van der Waals surface area contributed by atoms with Crippen molar-refractivity contribution in [1.82, 2.24) is 10.2 Å². The summed E-state index contributed by atoms with van der Waals surface area (Å²) in [4.78, 5) is 2.79. The standard InChI is InChI=1S/C17H32N2/c1-14-5-3-6-15(11-14)12-19-10-4-9-18-17(2,13-19)16-7-8-16/h14-16,18H,3-13H2,1-2H3. The van der Waals surface area contributed by atoms with Gasteiger partial charge in [-0.05, 0) is 69.9 Å². The second-order valence-electron chi connectivity index (χ2n) is 7.84. The van der Waals surface area contributed by atoms with Gasteiger partial charge in [0.25, 0.3) is 0 Å². The molecule has 110 valence electrons. The van der Waals surface area contributed by atoms with Gasteiger partial charge in [-0.1, -0.05) is 19.8 Å². The molecular weight excluding hydrogens is 232 g/mol. The lowest BCUT2D eigenvalue weighted by Crippen LogP contribution is -2.51. The number of nitrogens with one attached hydrogen (secondary N) is 1. The molecule has 3 unspecified atom stereocenters. The van der Waals surface area contributed by atoms with Crippen molar-refractivity contribution in [3.05, 3.63) is 0 Å². The molecule has 3 fully saturated rings. The van der Waals surface area contributed by atoms with Crippen LogP contribution in [0.4, 0.5) is 0 Å². The maximum atomic E-state index is 3.85. The third-order valence-electron chi connectivity index (χ3n) is 5.77. The highest BCUT2D eigenvalue weighted by atomic mass is 15.2. The minimum absolute atomic E-state index is 0.413. The van der Waals surface area contributed by atoms with Crippen LogP contribution < -0.4 is 5.32 Å². The number of hydrogen-bond donors (Lipinski definition) is 1. The third-order valence-corrected chi connectivity index (χ3v) is 5.77. The number of rotatable bonds is 3. The predicted molar refractivity (Wildman–Crippen MR) is 81.3 cm³/mol. The van der Waals surface area contributed by atoms with Crippen LogP contribution in [-0.2, 0) is 0 Å². The quantitative estimate of drug-likeness (QED) is 0.841. The normalized spacial score (nSPS) is 42.0. The van der Waals surface area contributed by atoms with Crippen molar-refractivity contribution >= 4 is 0 Å². The van der Waals surface area contributed by atoms with E-state index in [1.165, 1.54) is 71.1 Å². The van der Waals surface area contributed by atoms with Crippen molar-refractivity contribution in [3.8, 4) is 0 Å². The minimum atomic E-state index is 0.413. The van der Waals surface area contributed by atoms with Gasteiger partial charge in [0, 0.05) is 18.6 Å². The van der Waals surface area contributed by atoms with Crippen molar-refractivity contribution in [2.24, 2.45) is 17.8 Å². The summed E-state index contributed by atoms with van der Waals surface area (Å²) in [6, 6.07) is 0. The van der Waals surface area contributed by atoms with Gasteiger partial charge in [-0.25, -0.2) is 0 Å². The van der Waals surface area contributed by atoms with E-state index < -0.39 is 0 Å². The van der Waals surface area contributed by atoms with E-state index in [1.807, 2.05) is 0 Å². The molecule has 3 rings (SSSR count). The van der Waals surface area contributed by atoms with E-state index in [2.05, 4.69) is 24.1 Å². The molecule has 2 saturated carbocycles. The topological polar surface area (TPSA) is 15.3 Å². The van der Waals surface area contributed by atoms with Crippen molar-refractivity contribution in [1.29, 1.82) is 0 Å².